The first-order chi connectivity index (χ1) is 9.47. The van der Waals surface area contributed by atoms with Crippen LogP contribution < -0.4 is 10.1 Å². The summed E-state index contributed by atoms with van der Waals surface area (Å²) in [4.78, 5) is 22.5. The number of carbonyl (C=O) groups excluding carboxylic acids is 2. The van der Waals surface area contributed by atoms with Gasteiger partial charge in [0.1, 0.15) is 12.4 Å². The Balaban J connectivity index is 2.71. The molecule has 20 heavy (non-hydrogen) atoms. The lowest BCUT2D eigenvalue weighted by Crippen LogP contribution is -2.44. The van der Waals surface area contributed by atoms with Crippen LogP contribution in [0.5, 0.6) is 5.75 Å². The molecule has 5 nitrogen and oxygen atoms in total. The number of esters is 1. The molecule has 0 aromatic heterocycles. The minimum atomic E-state index is -0.835. The highest BCUT2D eigenvalue weighted by molar-refractivity contribution is 6.31. The smallest absolute Gasteiger partial charge is 0.331 e. The monoisotopic (exact) mass is 299 g/mol. The van der Waals surface area contributed by atoms with Gasteiger partial charge in [0.25, 0.3) is 0 Å². The molecule has 1 unspecified atom stereocenters. The summed E-state index contributed by atoms with van der Waals surface area (Å²) >= 11 is 6.01. The first kappa shape index (κ1) is 16.3. The van der Waals surface area contributed by atoms with E-state index in [1.165, 1.54) is 14.0 Å². The van der Waals surface area contributed by atoms with E-state index in [1.54, 1.807) is 12.1 Å². The predicted molar refractivity (Wildman–Crippen MR) is 75.9 cm³/mol. The first-order valence-electron chi connectivity index (χ1n) is 6.24. The van der Waals surface area contributed by atoms with E-state index in [4.69, 9.17) is 16.3 Å². The van der Waals surface area contributed by atoms with E-state index >= 15 is 0 Å². The molecule has 0 aliphatic rings. The number of ether oxygens (including phenoxy) is 2. The number of hydrogen-bond donors (Lipinski definition) is 1. The SMILES string of the molecule is CCc1cc(OCC(NC(C)=O)C(=O)OC)ccc1Cl. The lowest BCUT2D eigenvalue weighted by atomic mass is 10.1. The number of carbonyl (C=O) groups is 2. The Morgan fingerprint density at radius 3 is 2.65 bits per heavy atom. The third kappa shape index (κ3) is 4.74. The number of rotatable bonds is 6. The lowest BCUT2D eigenvalue weighted by molar-refractivity contribution is -0.145. The second-order valence-electron chi connectivity index (χ2n) is 4.19. The summed E-state index contributed by atoms with van der Waals surface area (Å²) in [6.07, 6.45) is 0.780. The fourth-order valence-corrected chi connectivity index (χ4v) is 1.90. The summed E-state index contributed by atoms with van der Waals surface area (Å²) in [7, 11) is 1.26. The van der Waals surface area contributed by atoms with E-state index in [9.17, 15) is 9.59 Å². The van der Waals surface area contributed by atoms with Gasteiger partial charge in [-0.15, -0.1) is 0 Å². The average Bonchev–Trinajstić information content (AvgIpc) is 2.43. The minimum absolute atomic E-state index is 0.00294. The summed E-state index contributed by atoms with van der Waals surface area (Å²) in [5.41, 5.74) is 0.957. The third-order valence-corrected chi connectivity index (χ3v) is 3.05. The molecule has 0 bridgehead atoms. The second-order valence-corrected chi connectivity index (χ2v) is 4.60. The van der Waals surface area contributed by atoms with Gasteiger partial charge in [-0.05, 0) is 30.2 Å². The van der Waals surface area contributed by atoms with E-state index in [1.807, 2.05) is 13.0 Å². The van der Waals surface area contributed by atoms with Gasteiger partial charge in [-0.3, -0.25) is 4.79 Å². The zero-order valence-electron chi connectivity index (χ0n) is 11.7. The second kappa shape index (κ2) is 7.75. The summed E-state index contributed by atoms with van der Waals surface area (Å²) in [5.74, 6) is -0.287. The highest BCUT2D eigenvalue weighted by atomic mass is 35.5. The standard InChI is InChI=1S/C14H18ClNO4/c1-4-10-7-11(5-6-12(10)15)20-8-13(14(18)19-3)16-9(2)17/h5-7,13H,4,8H2,1-3H3,(H,16,17). The summed E-state index contributed by atoms with van der Waals surface area (Å²) in [6.45, 7) is 3.31. The molecule has 0 spiro atoms. The highest BCUT2D eigenvalue weighted by Crippen LogP contribution is 2.22. The van der Waals surface area contributed by atoms with Gasteiger partial charge in [-0.2, -0.15) is 0 Å². The first-order valence-corrected chi connectivity index (χ1v) is 6.61. The van der Waals surface area contributed by atoms with Gasteiger partial charge in [0.2, 0.25) is 5.91 Å². The van der Waals surface area contributed by atoms with Crippen LogP contribution in [0.15, 0.2) is 18.2 Å². The molecule has 0 saturated heterocycles. The van der Waals surface area contributed by atoms with Crippen molar-refractivity contribution in [1.82, 2.24) is 5.32 Å². The van der Waals surface area contributed by atoms with Crippen molar-refractivity contribution in [2.75, 3.05) is 13.7 Å². The maximum atomic E-state index is 11.5. The molecule has 1 atom stereocenters. The van der Waals surface area contributed by atoms with Crippen LogP contribution in [-0.2, 0) is 20.7 Å². The van der Waals surface area contributed by atoms with Crippen LogP contribution in [0.1, 0.15) is 19.4 Å². The average molecular weight is 300 g/mol. The van der Waals surface area contributed by atoms with Crippen molar-refractivity contribution in [3.8, 4) is 5.75 Å². The number of amides is 1. The molecule has 0 saturated carbocycles. The Labute approximate surface area is 123 Å². The van der Waals surface area contributed by atoms with E-state index in [0.717, 1.165) is 12.0 Å². The van der Waals surface area contributed by atoms with Crippen LogP contribution in [-0.4, -0.2) is 31.6 Å². The maximum absolute atomic E-state index is 11.5. The number of halogens is 1. The number of methoxy groups -OCH3 is 1. The van der Waals surface area contributed by atoms with Crippen molar-refractivity contribution >= 4 is 23.5 Å². The Bertz CT molecular complexity index is 490. The van der Waals surface area contributed by atoms with Gasteiger partial charge in [-0.1, -0.05) is 18.5 Å². The van der Waals surface area contributed by atoms with Crippen molar-refractivity contribution in [3.63, 3.8) is 0 Å². The molecule has 1 amide bonds. The maximum Gasteiger partial charge on any atom is 0.331 e. The normalized spacial score (nSPS) is 11.6. The largest absolute Gasteiger partial charge is 0.491 e. The van der Waals surface area contributed by atoms with Gasteiger partial charge in [0.05, 0.1) is 7.11 Å². The molecule has 1 aromatic rings. The fraction of sp³-hybridized carbons (Fsp3) is 0.429. The fourth-order valence-electron chi connectivity index (χ4n) is 1.65. The van der Waals surface area contributed by atoms with Gasteiger partial charge in [0, 0.05) is 11.9 Å². The molecule has 110 valence electrons. The molecule has 1 rings (SSSR count). The van der Waals surface area contributed by atoms with Crippen LogP contribution in [0, 0.1) is 0 Å². The molecule has 0 aliphatic heterocycles. The van der Waals surface area contributed by atoms with Gasteiger partial charge in [0.15, 0.2) is 6.04 Å². The van der Waals surface area contributed by atoms with Crippen molar-refractivity contribution in [3.05, 3.63) is 28.8 Å². The van der Waals surface area contributed by atoms with Crippen LogP contribution >= 0.6 is 11.6 Å². The molecule has 1 N–H and O–H groups in total. The molecule has 0 aliphatic carbocycles. The summed E-state index contributed by atoms with van der Waals surface area (Å²) in [6, 6.07) is 4.42. The van der Waals surface area contributed by atoms with Gasteiger partial charge in [-0.25, -0.2) is 4.79 Å². The van der Waals surface area contributed by atoms with Crippen LogP contribution in [0.4, 0.5) is 0 Å². The topological polar surface area (TPSA) is 64.6 Å². The number of nitrogens with one attached hydrogen (secondary N) is 1. The number of aryl methyl sites for hydroxylation is 1. The van der Waals surface area contributed by atoms with Crippen molar-refractivity contribution in [1.29, 1.82) is 0 Å². The molecular formula is C14H18ClNO4. The molecule has 0 heterocycles. The predicted octanol–water partition coefficient (Wildman–Crippen LogP) is 1.96. The van der Waals surface area contributed by atoms with Gasteiger partial charge >= 0.3 is 5.97 Å². The van der Waals surface area contributed by atoms with Crippen molar-refractivity contribution in [2.24, 2.45) is 0 Å². The molecule has 0 fully saturated rings. The van der Waals surface area contributed by atoms with Crippen LogP contribution in [0.3, 0.4) is 0 Å². The van der Waals surface area contributed by atoms with Crippen molar-refractivity contribution in [2.45, 2.75) is 26.3 Å². The molecular weight excluding hydrogens is 282 g/mol. The quantitative estimate of drug-likeness (QED) is 0.816. The zero-order chi connectivity index (χ0) is 15.1. The third-order valence-electron chi connectivity index (χ3n) is 2.68. The van der Waals surface area contributed by atoms with E-state index in [2.05, 4.69) is 10.1 Å². The summed E-state index contributed by atoms with van der Waals surface area (Å²) in [5, 5.41) is 3.15. The Hall–Kier alpha value is -1.75. The minimum Gasteiger partial charge on any atom is -0.491 e. The Morgan fingerprint density at radius 2 is 2.10 bits per heavy atom. The zero-order valence-corrected chi connectivity index (χ0v) is 12.5. The number of hydrogen-bond acceptors (Lipinski definition) is 4. The molecule has 1 aromatic carbocycles. The van der Waals surface area contributed by atoms with Crippen molar-refractivity contribution < 1.29 is 19.1 Å². The Kier molecular flexibility index (Phi) is 6.31. The molecule has 0 radical (unpaired) electrons. The number of benzene rings is 1. The Morgan fingerprint density at radius 1 is 1.40 bits per heavy atom. The highest BCUT2D eigenvalue weighted by Gasteiger charge is 2.21. The van der Waals surface area contributed by atoms with E-state index < -0.39 is 12.0 Å². The lowest BCUT2D eigenvalue weighted by Gasteiger charge is -2.16. The van der Waals surface area contributed by atoms with Crippen LogP contribution in [0.25, 0.3) is 0 Å². The van der Waals surface area contributed by atoms with Gasteiger partial charge < -0.3 is 14.8 Å². The molecule has 6 heteroatoms. The van der Waals surface area contributed by atoms with Crippen LogP contribution in [0.2, 0.25) is 5.02 Å². The van der Waals surface area contributed by atoms with E-state index in [-0.39, 0.29) is 12.5 Å². The summed E-state index contributed by atoms with van der Waals surface area (Å²) < 4.78 is 10.1. The van der Waals surface area contributed by atoms with E-state index in [0.29, 0.717) is 10.8 Å².